The molecule has 2 fully saturated rings. The zero-order chi connectivity index (χ0) is 20.8. The smallest absolute Gasteiger partial charge is 0.475 e. The van der Waals surface area contributed by atoms with Crippen molar-refractivity contribution in [1.29, 1.82) is 0 Å². The normalized spacial score (nSPS) is 24.6. The van der Waals surface area contributed by atoms with Crippen molar-refractivity contribution >= 4 is 11.9 Å². The topological polar surface area (TPSA) is 79.7 Å². The maximum atomic E-state index is 12.5. The van der Waals surface area contributed by atoms with E-state index in [1.807, 2.05) is 17.0 Å². The number of rotatable bonds is 3. The van der Waals surface area contributed by atoms with Gasteiger partial charge in [-0.25, -0.2) is 4.79 Å². The lowest BCUT2D eigenvalue weighted by molar-refractivity contribution is -0.192. The summed E-state index contributed by atoms with van der Waals surface area (Å²) in [5.74, 6) is -1.89. The summed E-state index contributed by atoms with van der Waals surface area (Å²) in [7, 11) is 0. The average molecular weight is 402 g/mol. The van der Waals surface area contributed by atoms with Crippen LogP contribution >= 0.6 is 0 Å². The third-order valence-corrected chi connectivity index (χ3v) is 5.08. The molecule has 2 unspecified atom stereocenters. The second kappa shape index (κ2) is 9.36. The average Bonchev–Trinajstić information content (AvgIpc) is 3.04. The minimum absolute atomic E-state index is 0.0659. The predicted molar refractivity (Wildman–Crippen MR) is 94.5 cm³/mol. The third-order valence-electron chi connectivity index (χ3n) is 5.08. The molecule has 0 aliphatic carbocycles. The highest BCUT2D eigenvalue weighted by atomic mass is 19.4. The Morgan fingerprint density at radius 3 is 2.68 bits per heavy atom. The first-order valence-corrected chi connectivity index (χ1v) is 9.26. The zero-order valence-corrected chi connectivity index (χ0v) is 15.7. The van der Waals surface area contributed by atoms with E-state index >= 15 is 0 Å². The Bertz CT molecular complexity index is 669. The standard InChI is InChI=1S/C17H24N2O2.C2HF3O2/c1-2-14-10-17(21-12-14)6-4-8-19(13-17)16(20)9-15-5-3-7-18-11-15;3-2(4,5)1(6)7/h3,5,7,11,14H,2,4,6,8-10,12-13H2,1H3;(H,6,7). The van der Waals surface area contributed by atoms with Crippen LogP contribution in [0.25, 0.3) is 0 Å². The van der Waals surface area contributed by atoms with Crippen molar-refractivity contribution in [3.8, 4) is 0 Å². The zero-order valence-electron chi connectivity index (χ0n) is 15.7. The van der Waals surface area contributed by atoms with E-state index < -0.39 is 12.1 Å². The van der Waals surface area contributed by atoms with E-state index in [-0.39, 0.29) is 11.5 Å². The number of carbonyl (C=O) groups excluding carboxylic acids is 1. The molecular formula is C19H25F3N2O4. The summed E-state index contributed by atoms with van der Waals surface area (Å²) >= 11 is 0. The Morgan fingerprint density at radius 1 is 1.43 bits per heavy atom. The molecule has 6 nitrogen and oxygen atoms in total. The number of amides is 1. The van der Waals surface area contributed by atoms with Crippen molar-refractivity contribution in [3.05, 3.63) is 30.1 Å². The fourth-order valence-electron chi connectivity index (χ4n) is 3.59. The lowest BCUT2D eigenvalue weighted by atomic mass is 9.85. The summed E-state index contributed by atoms with van der Waals surface area (Å²) in [6.45, 7) is 4.71. The van der Waals surface area contributed by atoms with Gasteiger partial charge in [0.25, 0.3) is 0 Å². The summed E-state index contributed by atoms with van der Waals surface area (Å²) in [6, 6.07) is 3.84. The maximum Gasteiger partial charge on any atom is 0.490 e. The Morgan fingerprint density at radius 2 is 2.14 bits per heavy atom. The van der Waals surface area contributed by atoms with E-state index in [1.54, 1.807) is 12.4 Å². The number of alkyl halides is 3. The Labute approximate surface area is 161 Å². The molecule has 0 saturated carbocycles. The van der Waals surface area contributed by atoms with E-state index in [0.29, 0.717) is 12.3 Å². The molecule has 2 aliphatic rings. The highest BCUT2D eigenvalue weighted by molar-refractivity contribution is 5.78. The Balaban J connectivity index is 0.000000345. The molecule has 1 N–H and O–H groups in total. The number of hydrogen-bond donors (Lipinski definition) is 1. The van der Waals surface area contributed by atoms with Gasteiger partial charge in [-0.2, -0.15) is 13.2 Å². The van der Waals surface area contributed by atoms with Gasteiger partial charge in [0.05, 0.1) is 18.6 Å². The maximum absolute atomic E-state index is 12.5. The molecule has 28 heavy (non-hydrogen) atoms. The minimum Gasteiger partial charge on any atom is -0.475 e. The molecule has 1 aromatic rings. The molecular weight excluding hydrogens is 377 g/mol. The number of piperidine rings is 1. The third kappa shape index (κ3) is 6.19. The van der Waals surface area contributed by atoms with Crippen LogP contribution in [0.15, 0.2) is 24.5 Å². The van der Waals surface area contributed by atoms with E-state index in [4.69, 9.17) is 14.6 Å². The van der Waals surface area contributed by atoms with Crippen LogP contribution < -0.4 is 0 Å². The molecule has 0 bridgehead atoms. The second-order valence-electron chi connectivity index (χ2n) is 7.23. The molecule has 3 rings (SSSR count). The lowest BCUT2D eigenvalue weighted by Crippen LogP contribution is -2.50. The highest BCUT2D eigenvalue weighted by Gasteiger charge is 2.43. The van der Waals surface area contributed by atoms with Crippen LogP contribution in [0.1, 0.15) is 38.2 Å². The van der Waals surface area contributed by atoms with Crippen molar-refractivity contribution in [3.63, 3.8) is 0 Å². The number of likely N-dealkylation sites (tertiary alicyclic amines) is 1. The predicted octanol–water partition coefficient (Wildman–Crippen LogP) is 3.07. The van der Waals surface area contributed by atoms with Gasteiger partial charge in [0, 0.05) is 25.5 Å². The van der Waals surface area contributed by atoms with Gasteiger partial charge in [-0.3, -0.25) is 9.78 Å². The Hall–Kier alpha value is -2.16. The monoisotopic (exact) mass is 402 g/mol. The van der Waals surface area contributed by atoms with E-state index in [9.17, 15) is 18.0 Å². The van der Waals surface area contributed by atoms with Crippen molar-refractivity contribution in [2.24, 2.45) is 5.92 Å². The van der Waals surface area contributed by atoms with Crippen LogP contribution in [-0.4, -0.2) is 58.3 Å². The number of aromatic nitrogens is 1. The largest absolute Gasteiger partial charge is 0.490 e. The quantitative estimate of drug-likeness (QED) is 0.841. The van der Waals surface area contributed by atoms with Gasteiger partial charge in [0.1, 0.15) is 0 Å². The molecule has 0 radical (unpaired) electrons. The molecule has 1 amide bonds. The summed E-state index contributed by atoms with van der Waals surface area (Å²) in [4.78, 5) is 27.5. The van der Waals surface area contributed by atoms with Gasteiger partial charge in [0.2, 0.25) is 5.91 Å². The lowest BCUT2D eigenvalue weighted by Gasteiger charge is -2.40. The SMILES string of the molecule is CCC1COC2(CCCN(C(=O)Cc3cccnc3)C2)C1.O=C(O)C(F)(F)F. The number of carbonyl (C=O) groups is 2. The van der Waals surface area contributed by atoms with Crippen molar-refractivity contribution in [2.45, 2.75) is 50.8 Å². The van der Waals surface area contributed by atoms with Crippen LogP contribution in [-0.2, 0) is 20.7 Å². The molecule has 3 heterocycles. The summed E-state index contributed by atoms with van der Waals surface area (Å²) in [6.07, 6.45) is 3.31. The van der Waals surface area contributed by atoms with Gasteiger partial charge < -0.3 is 14.7 Å². The minimum atomic E-state index is -5.08. The number of carboxylic acid groups (broad SMARTS) is 1. The van der Waals surface area contributed by atoms with Crippen LogP contribution in [0.5, 0.6) is 0 Å². The number of ether oxygens (including phenoxy) is 1. The fourth-order valence-corrected chi connectivity index (χ4v) is 3.59. The first-order valence-electron chi connectivity index (χ1n) is 9.26. The number of aliphatic carboxylic acids is 1. The van der Waals surface area contributed by atoms with Crippen LogP contribution in [0.2, 0.25) is 0 Å². The summed E-state index contributed by atoms with van der Waals surface area (Å²) in [5, 5.41) is 7.12. The van der Waals surface area contributed by atoms with Gasteiger partial charge in [-0.15, -0.1) is 0 Å². The molecule has 2 atom stereocenters. The number of hydrogen-bond acceptors (Lipinski definition) is 4. The molecule has 2 aliphatic heterocycles. The molecule has 0 aromatic carbocycles. The number of carboxylic acids is 1. The molecule has 1 aromatic heterocycles. The molecule has 1 spiro atoms. The van der Waals surface area contributed by atoms with Crippen molar-refractivity contribution in [1.82, 2.24) is 9.88 Å². The van der Waals surface area contributed by atoms with Crippen LogP contribution in [0.3, 0.4) is 0 Å². The van der Waals surface area contributed by atoms with Crippen molar-refractivity contribution < 1.29 is 32.6 Å². The van der Waals surface area contributed by atoms with Gasteiger partial charge in [-0.05, 0) is 36.8 Å². The number of pyridine rings is 1. The fraction of sp³-hybridized carbons (Fsp3) is 0.632. The van der Waals surface area contributed by atoms with Crippen molar-refractivity contribution in [2.75, 3.05) is 19.7 Å². The number of nitrogens with zero attached hydrogens (tertiary/aromatic N) is 2. The van der Waals surface area contributed by atoms with Crippen LogP contribution in [0.4, 0.5) is 13.2 Å². The molecule has 156 valence electrons. The van der Waals surface area contributed by atoms with Crippen LogP contribution in [0, 0.1) is 5.92 Å². The first kappa shape index (κ1) is 22.1. The summed E-state index contributed by atoms with van der Waals surface area (Å²) < 4.78 is 37.8. The van der Waals surface area contributed by atoms with E-state index in [0.717, 1.165) is 44.5 Å². The van der Waals surface area contributed by atoms with E-state index in [1.165, 1.54) is 6.42 Å². The highest BCUT2D eigenvalue weighted by Crippen LogP contribution is 2.38. The number of halogens is 3. The van der Waals surface area contributed by atoms with E-state index in [2.05, 4.69) is 11.9 Å². The Kier molecular flexibility index (Phi) is 7.40. The van der Waals surface area contributed by atoms with Gasteiger partial charge in [0.15, 0.2) is 0 Å². The first-order chi connectivity index (χ1) is 13.1. The van der Waals surface area contributed by atoms with Gasteiger partial charge >= 0.3 is 12.1 Å². The summed E-state index contributed by atoms with van der Waals surface area (Å²) in [5.41, 5.74) is 0.921. The van der Waals surface area contributed by atoms with Gasteiger partial charge in [-0.1, -0.05) is 19.4 Å². The second-order valence-corrected chi connectivity index (χ2v) is 7.23. The molecule has 2 saturated heterocycles. The molecule has 9 heteroatoms.